The quantitative estimate of drug-likeness (QED) is 0.621. The normalized spacial score (nSPS) is 10.8. The first-order valence-electron chi connectivity index (χ1n) is 5.38. The Morgan fingerprint density at radius 2 is 2.29 bits per heavy atom. The Hall–Kier alpha value is -1.55. The number of benzene rings is 1. The predicted octanol–water partition coefficient (Wildman–Crippen LogP) is 2.41. The fourth-order valence-corrected chi connectivity index (χ4v) is 1.81. The second-order valence-electron chi connectivity index (χ2n) is 4.10. The molecule has 0 aliphatic carbocycles. The first kappa shape index (κ1) is 11.9. The molecule has 0 unspecified atom stereocenters. The van der Waals surface area contributed by atoms with Crippen molar-refractivity contribution >= 4 is 28.0 Å². The second kappa shape index (κ2) is 4.75. The topological polar surface area (TPSA) is 38.1 Å². The number of hydrogen-bond donors (Lipinski definition) is 0. The Kier molecular flexibility index (Phi) is 3.33. The summed E-state index contributed by atoms with van der Waals surface area (Å²) in [6.45, 7) is 0.612. The third-order valence-corrected chi connectivity index (χ3v) is 3.11. The lowest BCUT2D eigenvalue weighted by Gasteiger charge is -2.12. The number of halogens is 1. The number of aryl methyl sites for hydroxylation is 1. The van der Waals surface area contributed by atoms with Crippen molar-refractivity contribution in [3.63, 3.8) is 0 Å². The van der Waals surface area contributed by atoms with E-state index in [2.05, 4.69) is 11.1 Å². The molecule has 0 spiro atoms. The maximum absolute atomic E-state index is 10.9. The van der Waals surface area contributed by atoms with Crippen molar-refractivity contribution in [2.24, 2.45) is 7.05 Å². The molecule has 17 heavy (non-hydrogen) atoms. The summed E-state index contributed by atoms with van der Waals surface area (Å²) in [5.41, 5.74) is 3.24. The number of hydrogen-bond acceptors (Lipinski definition) is 2. The average Bonchev–Trinajstić information content (AvgIpc) is 2.67. The molecule has 0 aliphatic rings. The van der Waals surface area contributed by atoms with Crippen LogP contribution in [0.4, 0.5) is 4.79 Å². The summed E-state index contributed by atoms with van der Waals surface area (Å²) in [6, 6.07) is 6.14. The lowest BCUT2D eigenvalue weighted by atomic mass is 10.1. The van der Waals surface area contributed by atoms with Crippen LogP contribution in [-0.4, -0.2) is 33.4 Å². The molecule has 0 fully saturated rings. The van der Waals surface area contributed by atoms with Crippen molar-refractivity contribution in [3.05, 3.63) is 30.1 Å². The highest BCUT2D eigenvalue weighted by Crippen LogP contribution is 2.14. The summed E-state index contributed by atoms with van der Waals surface area (Å²) in [5, 5.41) is -0.427. The van der Waals surface area contributed by atoms with Gasteiger partial charge in [0.1, 0.15) is 0 Å². The standard InChI is InChI=1S/C12H14ClN3O/c1-15(12(13)17)6-5-9-3-4-11-10(7-9)14-8-16(11)2/h3-4,7-8H,5-6H2,1-2H3. The van der Waals surface area contributed by atoms with Crippen molar-refractivity contribution in [1.29, 1.82) is 0 Å². The molecule has 5 heteroatoms. The van der Waals surface area contributed by atoms with E-state index in [-0.39, 0.29) is 0 Å². The first-order valence-corrected chi connectivity index (χ1v) is 5.76. The van der Waals surface area contributed by atoms with Crippen molar-refractivity contribution in [2.45, 2.75) is 6.42 Å². The summed E-state index contributed by atoms with van der Waals surface area (Å²) in [4.78, 5) is 16.6. The van der Waals surface area contributed by atoms with Gasteiger partial charge in [-0.05, 0) is 35.7 Å². The van der Waals surface area contributed by atoms with Crippen molar-refractivity contribution < 1.29 is 4.79 Å². The van der Waals surface area contributed by atoms with Gasteiger partial charge in [0.15, 0.2) is 0 Å². The third-order valence-electron chi connectivity index (χ3n) is 2.83. The Balaban J connectivity index is 2.12. The first-order chi connectivity index (χ1) is 8.08. The summed E-state index contributed by atoms with van der Waals surface area (Å²) in [7, 11) is 3.66. The van der Waals surface area contributed by atoms with Crippen LogP contribution in [0.25, 0.3) is 11.0 Å². The SMILES string of the molecule is CN(CCc1ccc2c(c1)ncn2C)C(=O)Cl. The summed E-state index contributed by atoms with van der Waals surface area (Å²) < 4.78 is 1.98. The van der Waals surface area contributed by atoms with Crippen molar-refractivity contribution in [3.8, 4) is 0 Å². The number of carbonyl (C=O) groups is 1. The van der Waals surface area contributed by atoms with Gasteiger partial charge in [-0.25, -0.2) is 4.98 Å². The number of nitrogens with zero attached hydrogens (tertiary/aromatic N) is 3. The van der Waals surface area contributed by atoms with E-state index in [1.807, 2.05) is 23.7 Å². The van der Waals surface area contributed by atoms with Crippen LogP contribution >= 0.6 is 11.6 Å². The number of rotatable bonds is 3. The second-order valence-corrected chi connectivity index (χ2v) is 4.43. The largest absolute Gasteiger partial charge is 0.334 e. The predicted molar refractivity (Wildman–Crippen MR) is 68.3 cm³/mol. The Morgan fingerprint density at radius 3 is 3.00 bits per heavy atom. The highest BCUT2D eigenvalue weighted by Gasteiger charge is 2.05. The minimum atomic E-state index is -0.427. The van der Waals surface area contributed by atoms with E-state index < -0.39 is 5.37 Å². The molecule has 2 aromatic rings. The monoisotopic (exact) mass is 251 g/mol. The van der Waals surface area contributed by atoms with E-state index in [1.54, 1.807) is 13.4 Å². The molecule has 0 N–H and O–H groups in total. The van der Waals surface area contributed by atoms with Gasteiger partial charge >= 0.3 is 5.37 Å². The zero-order chi connectivity index (χ0) is 12.4. The van der Waals surface area contributed by atoms with Gasteiger partial charge in [0.25, 0.3) is 0 Å². The zero-order valence-electron chi connectivity index (χ0n) is 9.85. The lowest BCUT2D eigenvalue weighted by molar-refractivity contribution is 0.232. The molecular formula is C12H14ClN3O. The highest BCUT2D eigenvalue weighted by atomic mass is 35.5. The van der Waals surface area contributed by atoms with Crippen LogP contribution in [0.2, 0.25) is 0 Å². The van der Waals surface area contributed by atoms with Gasteiger partial charge in [-0.3, -0.25) is 4.79 Å². The molecule has 0 atom stereocenters. The van der Waals surface area contributed by atoms with E-state index in [1.165, 1.54) is 4.90 Å². The molecule has 4 nitrogen and oxygen atoms in total. The smallest absolute Gasteiger partial charge is 0.316 e. The van der Waals surface area contributed by atoms with Crippen LogP contribution in [0, 0.1) is 0 Å². The maximum Gasteiger partial charge on any atom is 0.316 e. The van der Waals surface area contributed by atoms with Crippen molar-refractivity contribution in [1.82, 2.24) is 14.5 Å². The minimum Gasteiger partial charge on any atom is -0.334 e. The molecule has 1 aromatic heterocycles. The van der Waals surface area contributed by atoms with Crippen LogP contribution in [0.15, 0.2) is 24.5 Å². The molecule has 0 radical (unpaired) electrons. The molecule has 1 aromatic carbocycles. The van der Waals surface area contributed by atoms with Gasteiger partial charge in [-0.15, -0.1) is 0 Å². The lowest BCUT2D eigenvalue weighted by Crippen LogP contribution is -2.23. The number of amides is 1. The van der Waals surface area contributed by atoms with Crippen LogP contribution in [0.5, 0.6) is 0 Å². The van der Waals surface area contributed by atoms with Gasteiger partial charge in [0.05, 0.1) is 17.4 Å². The van der Waals surface area contributed by atoms with Gasteiger partial charge in [-0.2, -0.15) is 0 Å². The van der Waals surface area contributed by atoms with Crippen LogP contribution < -0.4 is 0 Å². The molecule has 0 aliphatic heterocycles. The average molecular weight is 252 g/mol. The van der Waals surface area contributed by atoms with E-state index in [0.717, 1.165) is 23.0 Å². The maximum atomic E-state index is 10.9. The number of fused-ring (bicyclic) bond motifs is 1. The van der Waals surface area contributed by atoms with E-state index in [9.17, 15) is 4.79 Å². The van der Waals surface area contributed by atoms with Gasteiger partial charge in [-0.1, -0.05) is 6.07 Å². The number of carbonyl (C=O) groups excluding carboxylic acids is 1. The Labute approximate surface area is 105 Å². The number of imidazole rings is 1. The van der Waals surface area contributed by atoms with Gasteiger partial charge < -0.3 is 9.47 Å². The van der Waals surface area contributed by atoms with Gasteiger partial charge in [0.2, 0.25) is 0 Å². The van der Waals surface area contributed by atoms with E-state index in [4.69, 9.17) is 11.6 Å². The summed E-state index contributed by atoms with van der Waals surface area (Å²) in [5.74, 6) is 0. The zero-order valence-corrected chi connectivity index (χ0v) is 10.6. The molecule has 0 saturated carbocycles. The minimum absolute atomic E-state index is 0.427. The van der Waals surface area contributed by atoms with Crippen LogP contribution in [-0.2, 0) is 13.5 Å². The number of likely N-dealkylation sites (N-methyl/N-ethyl adjacent to an activating group) is 1. The molecule has 2 rings (SSSR count). The molecular weight excluding hydrogens is 238 g/mol. The molecule has 1 amide bonds. The molecule has 0 saturated heterocycles. The summed E-state index contributed by atoms with van der Waals surface area (Å²) in [6.07, 6.45) is 2.57. The number of aromatic nitrogens is 2. The van der Waals surface area contributed by atoms with Crippen molar-refractivity contribution in [2.75, 3.05) is 13.6 Å². The van der Waals surface area contributed by atoms with Crippen LogP contribution in [0.3, 0.4) is 0 Å². The Bertz CT molecular complexity index is 550. The molecule has 0 bridgehead atoms. The molecule has 1 heterocycles. The Morgan fingerprint density at radius 1 is 1.53 bits per heavy atom. The highest BCUT2D eigenvalue weighted by molar-refractivity contribution is 6.62. The third kappa shape index (κ3) is 2.58. The van der Waals surface area contributed by atoms with E-state index >= 15 is 0 Å². The fourth-order valence-electron chi connectivity index (χ4n) is 1.72. The van der Waals surface area contributed by atoms with E-state index in [0.29, 0.717) is 6.54 Å². The fraction of sp³-hybridized carbons (Fsp3) is 0.333. The van der Waals surface area contributed by atoms with Crippen LogP contribution in [0.1, 0.15) is 5.56 Å². The summed E-state index contributed by atoms with van der Waals surface area (Å²) >= 11 is 5.36. The molecule has 90 valence electrons. The van der Waals surface area contributed by atoms with Gasteiger partial charge in [0, 0.05) is 20.6 Å².